The molecule has 0 aromatic carbocycles. The summed E-state index contributed by atoms with van der Waals surface area (Å²) in [5, 5.41) is 0. The lowest BCUT2D eigenvalue weighted by molar-refractivity contribution is 0.677. The summed E-state index contributed by atoms with van der Waals surface area (Å²) in [6, 6.07) is 0. The third-order valence-electron chi connectivity index (χ3n) is 5.02. The third-order valence-corrected chi connectivity index (χ3v) is 5.02. The fourth-order valence-corrected chi connectivity index (χ4v) is 4.11. The Bertz CT molecular complexity index is 840. The van der Waals surface area contributed by atoms with Crippen LogP contribution in [-0.2, 0) is 0 Å². The van der Waals surface area contributed by atoms with Crippen molar-refractivity contribution in [2.75, 3.05) is 0 Å². The van der Waals surface area contributed by atoms with Gasteiger partial charge in [-0.05, 0) is 60.6 Å². The Morgan fingerprint density at radius 1 is 0.929 bits per heavy atom. The molecule has 0 radical (unpaired) electrons. The average molecular weight is 371 g/mol. The molecule has 1 unspecified atom stereocenters. The minimum absolute atomic E-state index is 0.474. The van der Waals surface area contributed by atoms with Gasteiger partial charge in [-0.15, -0.1) is 0 Å². The van der Waals surface area contributed by atoms with Crippen LogP contribution in [0.4, 0.5) is 0 Å². The summed E-state index contributed by atoms with van der Waals surface area (Å²) >= 11 is 0. The van der Waals surface area contributed by atoms with Gasteiger partial charge in [-0.3, -0.25) is 0 Å². The van der Waals surface area contributed by atoms with Crippen LogP contribution in [0.1, 0.15) is 34.1 Å². The van der Waals surface area contributed by atoms with Gasteiger partial charge in [-0.2, -0.15) is 0 Å². The molecule has 0 bridgehead atoms. The smallest absolute Gasteiger partial charge is 0.0706 e. The highest BCUT2D eigenvalue weighted by molar-refractivity contribution is 5.77. The molecule has 28 heavy (non-hydrogen) atoms. The van der Waals surface area contributed by atoms with Crippen molar-refractivity contribution in [3.05, 3.63) is 133 Å². The third kappa shape index (κ3) is 3.87. The molecular formula is C28H34. The standard InChI is InChI=1S/C28H34/c1-9-17-21-23(19-11-3)28(22(13-5)18-10-2)26(16-8)24(14-6)25(15-7)27(28)20-12-4/h9-10,12-21H,1,4,6,8,11H2,2-3,5,7H3/b18-10-,21-17-,22-13+,23-19+,25-15-,27-20+. The molecule has 0 saturated heterocycles. The van der Waals surface area contributed by atoms with Crippen LogP contribution in [-0.4, -0.2) is 0 Å². The van der Waals surface area contributed by atoms with Crippen molar-refractivity contribution in [2.24, 2.45) is 5.41 Å². The Kier molecular flexibility index (Phi) is 9.18. The van der Waals surface area contributed by atoms with Crippen molar-refractivity contribution in [3.63, 3.8) is 0 Å². The minimum Gasteiger partial charge on any atom is -0.0991 e. The van der Waals surface area contributed by atoms with Gasteiger partial charge in [0.05, 0.1) is 5.41 Å². The van der Waals surface area contributed by atoms with Gasteiger partial charge in [0.2, 0.25) is 0 Å². The first-order chi connectivity index (χ1) is 13.6. The molecule has 0 spiro atoms. The van der Waals surface area contributed by atoms with Crippen molar-refractivity contribution in [1.82, 2.24) is 0 Å². The average Bonchev–Trinajstić information content (AvgIpc) is 2.98. The van der Waals surface area contributed by atoms with E-state index >= 15 is 0 Å². The minimum atomic E-state index is -0.474. The van der Waals surface area contributed by atoms with E-state index in [1.165, 1.54) is 22.3 Å². The van der Waals surface area contributed by atoms with Gasteiger partial charge >= 0.3 is 0 Å². The molecule has 146 valence electrons. The second-order valence-electron chi connectivity index (χ2n) is 6.41. The van der Waals surface area contributed by atoms with E-state index in [-0.39, 0.29) is 0 Å². The van der Waals surface area contributed by atoms with Crippen LogP contribution in [0.25, 0.3) is 0 Å². The Balaban J connectivity index is 4.33. The predicted molar refractivity (Wildman–Crippen MR) is 128 cm³/mol. The summed E-state index contributed by atoms with van der Waals surface area (Å²) in [5.74, 6) is 0. The summed E-state index contributed by atoms with van der Waals surface area (Å²) in [6.45, 7) is 24.5. The van der Waals surface area contributed by atoms with Gasteiger partial charge in [-0.1, -0.05) is 106 Å². The molecule has 1 atom stereocenters. The zero-order valence-corrected chi connectivity index (χ0v) is 18.0. The van der Waals surface area contributed by atoms with E-state index in [9.17, 15) is 0 Å². The zero-order chi connectivity index (χ0) is 21.2. The first-order valence-corrected chi connectivity index (χ1v) is 9.87. The second-order valence-corrected chi connectivity index (χ2v) is 6.41. The van der Waals surface area contributed by atoms with Crippen LogP contribution in [0.2, 0.25) is 0 Å². The fraction of sp³-hybridized carbons (Fsp3) is 0.214. The topological polar surface area (TPSA) is 0 Å². The van der Waals surface area contributed by atoms with E-state index in [0.29, 0.717) is 0 Å². The Morgan fingerprint density at radius 2 is 1.64 bits per heavy atom. The maximum absolute atomic E-state index is 4.19. The van der Waals surface area contributed by atoms with E-state index in [1.807, 2.05) is 37.3 Å². The molecule has 1 rings (SSSR count). The molecule has 0 nitrogen and oxygen atoms in total. The van der Waals surface area contributed by atoms with Gasteiger partial charge in [0, 0.05) is 0 Å². The molecule has 0 aromatic heterocycles. The van der Waals surface area contributed by atoms with E-state index in [2.05, 4.69) is 89.6 Å². The molecule has 0 heteroatoms. The lowest BCUT2D eigenvalue weighted by atomic mass is 9.64. The Labute approximate surface area is 172 Å². The molecule has 0 amide bonds. The van der Waals surface area contributed by atoms with Gasteiger partial charge < -0.3 is 0 Å². The Hall–Kier alpha value is -2.86. The highest BCUT2D eigenvalue weighted by Gasteiger charge is 2.48. The molecule has 0 N–H and O–H groups in total. The maximum atomic E-state index is 4.19. The summed E-state index contributed by atoms with van der Waals surface area (Å²) in [6.07, 6.45) is 25.7. The fourth-order valence-electron chi connectivity index (χ4n) is 4.11. The molecule has 0 aliphatic heterocycles. The van der Waals surface area contributed by atoms with Crippen molar-refractivity contribution in [2.45, 2.75) is 34.1 Å². The normalized spacial score (nSPS) is 24.0. The number of rotatable bonds is 9. The molecule has 1 aliphatic carbocycles. The van der Waals surface area contributed by atoms with Crippen LogP contribution in [0.5, 0.6) is 0 Å². The summed E-state index contributed by atoms with van der Waals surface area (Å²) in [5.41, 5.74) is 6.53. The molecule has 0 saturated carbocycles. The predicted octanol–water partition coefficient (Wildman–Crippen LogP) is 8.31. The van der Waals surface area contributed by atoms with Crippen molar-refractivity contribution in [1.29, 1.82) is 0 Å². The summed E-state index contributed by atoms with van der Waals surface area (Å²) in [4.78, 5) is 0. The highest BCUT2D eigenvalue weighted by Crippen LogP contribution is 2.60. The lowest BCUT2D eigenvalue weighted by Crippen LogP contribution is -2.27. The van der Waals surface area contributed by atoms with Gasteiger partial charge in [0.25, 0.3) is 0 Å². The summed E-state index contributed by atoms with van der Waals surface area (Å²) < 4.78 is 0. The quantitative estimate of drug-likeness (QED) is 0.358. The van der Waals surface area contributed by atoms with E-state index in [0.717, 1.165) is 17.6 Å². The second kappa shape index (κ2) is 11.1. The molecule has 0 fully saturated rings. The number of hydrogen-bond donors (Lipinski definition) is 0. The van der Waals surface area contributed by atoms with Gasteiger partial charge in [-0.25, -0.2) is 0 Å². The molecular weight excluding hydrogens is 336 g/mol. The van der Waals surface area contributed by atoms with Crippen LogP contribution in [0.15, 0.2) is 133 Å². The largest absolute Gasteiger partial charge is 0.0991 e. The van der Waals surface area contributed by atoms with Gasteiger partial charge in [0.1, 0.15) is 0 Å². The van der Waals surface area contributed by atoms with Crippen LogP contribution >= 0.6 is 0 Å². The monoisotopic (exact) mass is 370 g/mol. The first kappa shape index (κ1) is 23.2. The SMILES string of the molecule is C=C/C=C\C(=C/CC)C1(C(/C=C\C)=C/C)C(C=C)=C(C=C)C(=C/C)/C1=C\C=C. The number of allylic oxidation sites excluding steroid dienone is 18. The molecule has 1 aliphatic rings. The van der Waals surface area contributed by atoms with Crippen LogP contribution in [0.3, 0.4) is 0 Å². The van der Waals surface area contributed by atoms with Crippen molar-refractivity contribution >= 4 is 0 Å². The van der Waals surface area contributed by atoms with Crippen LogP contribution in [0, 0.1) is 5.41 Å². The van der Waals surface area contributed by atoms with Crippen LogP contribution < -0.4 is 0 Å². The number of hydrogen-bond acceptors (Lipinski definition) is 0. The highest BCUT2D eigenvalue weighted by atomic mass is 14.5. The maximum Gasteiger partial charge on any atom is 0.0706 e. The van der Waals surface area contributed by atoms with Crippen molar-refractivity contribution in [3.8, 4) is 0 Å². The van der Waals surface area contributed by atoms with E-state index in [4.69, 9.17) is 0 Å². The molecule has 0 aromatic rings. The first-order valence-electron chi connectivity index (χ1n) is 9.87. The lowest BCUT2D eigenvalue weighted by Gasteiger charge is -2.37. The summed E-state index contributed by atoms with van der Waals surface area (Å²) in [7, 11) is 0. The van der Waals surface area contributed by atoms with Crippen molar-refractivity contribution < 1.29 is 0 Å². The zero-order valence-electron chi connectivity index (χ0n) is 18.0. The van der Waals surface area contributed by atoms with E-state index < -0.39 is 5.41 Å². The van der Waals surface area contributed by atoms with E-state index in [1.54, 1.807) is 0 Å². The Morgan fingerprint density at radius 3 is 2.07 bits per heavy atom. The van der Waals surface area contributed by atoms with Gasteiger partial charge in [0.15, 0.2) is 0 Å². The molecule has 0 heterocycles.